The molecule has 0 spiro atoms. The Morgan fingerprint density at radius 3 is 2.42 bits per heavy atom. The van der Waals surface area contributed by atoms with Crippen molar-refractivity contribution in [1.82, 2.24) is 5.12 Å². The summed E-state index contributed by atoms with van der Waals surface area (Å²) in [5.74, 6) is -1.33. The van der Waals surface area contributed by atoms with Crippen molar-refractivity contribution >= 4 is 23.5 Å². The summed E-state index contributed by atoms with van der Waals surface area (Å²) in [6.45, 7) is 5.85. The average molecular weight is 363 g/mol. The summed E-state index contributed by atoms with van der Waals surface area (Å²) < 4.78 is 19.3. The van der Waals surface area contributed by atoms with E-state index in [1.165, 1.54) is 6.92 Å². The lowest BCUT2D eigenvalue weighted by Gasteiger charge is -2.32. The summed E-state index contributed by atoms with van der Waals surface area (Å²) in [7, 11) is 0. The number of carbonyl (C=O) groups is 3. The number of hydrogen-bond donors (Lipinski definition) is 1. The fraction of sp³-hybridized carbons (Fsp3) is 0.500. The van der Waals surface area contributed by atoms with Crippen molar-refractivity contribution in [1.29, 1.82) is 0 Å². The Hall–Kier alpha value is -2.64. The van der Waals surface area contributed by atoms with Crippen LogP contribution in [-0.2, 0) is 14.3 Å². The van der Waals surface area contributed by atoms with Crippen molar-refractivity contribution in [2.45, 2.75) is 44.9 Å². The summed E-state index contributed by atoms with van der Waals surface area (Å²) in [6.07, 6.45) is -1.65. The molecule has 3 unspecified atom stereocenters. The maximum atomic E-state index is 14.3. The zero-order valence-electron chi connectivity index (χ0n) is 14.9. The van der Waals surface area contributed by atoms with Gasteiger partial charge in [-0.15, -0.1) is 5.12 Å². The van der Waals surface area contributed by atoms with Crippen LogP contribution in [0.2, 0.25) is 0 Å². The Labute approximate surface area is 150 Å². The van der Waals surface area contributed by atoms with Crippen LogP contribution in [0.15, 0.2) is 24.3 Å². The largest absolute Gasteiger partial charge is 0.441 e. The van der Waals surface area contributed by atoms with E-state index in [0.717, 1.165) is 5.69 Å². The topological polar surface area (TPSA) is 92.9 Å². The number of benzene rings is 1. The average Bonchev–Trinajstić information content (AvgIpc) is 3.03. The Balaban J connectivity index is 1.88. The van der Waals surface area contributed by atoms with Gasteiger partial charge in [0.2, 0.25) is 5.91 Å². The number of hydrogen-bond acceptors (Lipinski definition) is 5. The van der Waals surface area contributed by atoms with Gasteiger partial charge in [-0.1, -0.05) is 16.6 Å². The number of Topliss-reactive ketones (excluding diaryl/α,β-unsaturated/α-hetero) is 1. The van der Waals surface area contributed by atoms with Gasteiger partial charge in [0, 0.05) is 18.7 Å². The molecule has 140 valence electrons. The molecule has 3 atom stereocenters. The maximum absolute atomic E-state index is 14.3. The minimum absolute atomic E-state index is 0.0115. The van der Waals surface area contributed by atoms with Crippen LogP contribution in [0.3, 0.4) is 0 Å². The SMILES string of the molecule is CC(C(N)=O)C1OC(=O)N(F)C1c1ccc(N2CCC(=O)C2(C)C)cc1. The molecule has 2 fully saturated rings. The van der Waals surface area contributed by atoms with Gasteiger partial charge in [0.1, 0.15) is 12.1 Å². The van der Waals surface area contributed by atoms with Gasteiger partial charge in [-0.2, -0.15) is 0 Å². The molecule has 0 saturated carbocycles. The number of nitrogens with zero attached hydrogens (tertiary/aromatic N) is 2. The van der Waals surface area contributed by atoms with E-state index in [4.69, 9.17) is 10.5 Å². The number of nitrogens with two attached hydrogens (primary N) is 1. The van der Waals surface area contributed by atoms with E-state index in [9.17, 15) is 18.9 Å². The molecular formula is C18H22FN3O4. The van der Waals surface area contributed by atoms with E-state index < -0.39 is 35.6 Å². The van der Waals surface area contributed by atoms with Crippen LogP contribution in [-0.4, -0.2) is 41.1 Å². The van der Waals surface area contributed by atoms with Gasteiger partial charge >= 0.3 is 6.09 Å². The minimum atomic E-state index is -1.14. The molecule has 2 aliphatic heterocycles. The predicted octanol–water partition coefficient (Wildman–Crippen LogP) is 2.11. The number of ether oxygens (including phenoxy) is 1. The molecule has 2 amide bonds. The molecule has 1 aromatic rings. The van der Waals surface area contributed by atoms with Crippen molar-refractivity contribution in [2.24, 2.45) is 11.7 Å². The van der Waals surface area contributed by atoms with Crippen LogP contribution >= 0.6 is 0 Å². The third-order valence-electron chi connectivity index (χ3n) is 5.37. The lowest BCUT2D eigenvalue weighted by Crippen LogP contribution is -2.42. The summed E-state index contributed by atoms with van der Waals surface area (Å²) in [5.41, 5.74) is 6.02. The molecule has 26 heavy (non-hydrogen) atoms. The van der Waals surface area contributed by atoms with Crippen molar-refractivity contribution in [3.8, 4) is 0 Å². The minimum Gasteiger partial charge on any atom is -0.441 e. The molecule has 2 heterocycles. The van der Waals surface area contributed by atoms with Crippen LogP contribution in [0.5, 0.6) is 0 Å². The quantitative estimate of drug-likeness (QED) is 0.827. The van der Waals surface area contributed by atoms with Crippen LogP contribution in [0, 0.1) is 5.92 Å². The number of anilines is 1. The molecule has 3 rings (SSSR count). The Kier molecular flexibility index (Phi) is 4.37. The summed E-state index contributed by atoms with van der Waals surface area (Å²) in [4.78, 5) is 37.1. The van der Waals surface area contributed by atoms with Gasteiger partial charge in [0.25, 0.3) is 0 Å². The third kappa shape index (κ3) is 2.79. The number of amides is 2. The molecule has 2 saturated heterocycles. The first-order valence-electron chi connectivity index (χ1n) is 8.50. The molecule has 0 radical (unpaired) electrons. The summed E-state index contributed by atoms with van der Waals surface area (Å²) in [5, 5.41) is -0.0115. The molecule has 2 N–H and O–H groups in total. The Bertz CT molecular complexity index is 749. The van der Waals surface area contributed by atoms with Crippen LogP contribution < -0.4 is 10.6 Å². The normalized spacial score (nSPS) is 26.2. The van der Waals surface area contributed by atoms with Crippen molar-refractivity contribution < 1.29 is 23.6 Å². The molecule has 0 bridgehead atoms. The number of carbonyl (C=O) groups excluding carboxylic acids is 3. The number of ketones is 1. The first-order chi connectivity index (χ1) is 12.1. The van der Waals surface area contributed by atoms with E-state index in [2.05, 4.69) is 0 Å². The zero-order chi connectivity index (χ0) is 19.2. The van der Waals surface area contributed by atoms with E-state index in [-0.39, 0.29) is 10.9 Å². The highest BCUT2D eigenvalue weighted by Crippen LogP contribution is 2.39. The number of rotatable bonds is 4. The molecule has 2 aliphatic rings. The monoisotopic (exact) mass is 363 g/mol. The second-order valence-electron chi connectivity index (χ2n) is 7.27. The van der Waals surface area contributed by atoms with Crippen LogP contribution in [0.25, 0.3) is 0 Å². The molecule has 1 aromatic carbocycles. The fourth-order valence-corrected chi connectivity index (χ4v) is 3.58. The van der Waals surface area contributed by atoms with Gasteiger partial charge in [-0.3, -0.25) is 9.59 Å². The van der Waals surface area contributed by atoms with Crippen LogP contribution in [0.4, 0.5) is 15.0 Å². The van der Waals surface area contributed by atoms with Gasteiger partial charge in [0.15, 0.2) is 5.78 Å². The van der Waals surface area contributed by atoms with Crippen molar-refractivity contribution in [2.75, 3.05) is 11.4 Å². The predicted molar refractivity (Wildman–Crippen MR) is 91.8 cm³/mol. The first kappa shape index (κ1) is 18.2. The Morgan fingerprint density at radius 2 is 1.92 bits per heavy atom. The number of primary amides is 1. The van der Waals surface area contributed by atoms with Crippen molar-refractivity contribution in [3.63, 3.8) is 0 Å². The molecule has 0 aliphatic carbocycles. The summed E-state index contributed by atoms with van der Waals surface area (Å²) >= 11 is 0. The Morgan fingerprint density at radius 1 is 1.31 bits per heavy atom. The van der Waals surface area contributed by atoms with Crippen molar-refractivity contribution in [3.05, 3.63) is 29.8 Å². The van der Waals surface area contributed by atoms with E-state index in [1.807, 2.05) is 18.7 Å². The van der Waals surface area contributed by atoms with E-state index >= 15 is 0 Å². The smallest absolute Gasteiger partial charge is 0.439 e. The van der Waals surface area contributed by atoms with Gasteiger partial charge in [0.05, 0.1) is 11.5 Å². The fourth-order valence-electron chi connectivity index (χ4n) is 3.58. The highest BCUT2D eigenvalue weighted by atomic mass is 19.2. The number of halogens is 1. The highest BCUT2D eigenvalue weighted by Gasteiger charge is 2.48. The van der Waals surface area contributed by atoms with Gasteiger partial charge in [-0.25, -0.2) is 4.79 Å². The molecular weight excluding hydrogens is 341 g/mol. The highest BCUT2D eigenvalue weighted by molar-refractivity contribution is 5.94. The van der Waals surface area contributed by atoms with E-state index in [0.29, 0.717) is 18.5 Å². The molecule has 8 heteroatoms. The third-order valence-corrected chi connectivity index (χ3v) is 5.37. The zero-order valence-corrected chi connectivity index (χ0v) is 14.9. The van der Waals surface area contributed by atoms with Gasteiger partial charge in [-0.05, 0) is 38.5 Å². The van der Waals surface area contributed by atoms with Crippen LogP contribution in [0.1, 0.15) is 38.8 Å². The second kappa shape index (κ2) is 6.26. The van der Waals surface area contributed by atoms with E-state index in [1.54, 1.807) is 24.3 Å². The second-order valence-corrected chi connectivity index (χ2v) is 7.27. The first-order valence-corrected chi connectivity index (χ1v) is 8.50. The standard InChI is InChI=1S/C18H22FN3O4/c1-10(16(20)24)15-14(22(19)17(25)26-15)11-4-6-12(7-5-11)21-9-8-13(23)18(21,2)3/h4-7,10,14-15H,8-9H2,1-3H3,(H2,20,24). The van der Waals surface area contributed by atoms with Gasteiger partial charge < -0.3 is 15.4 Å². The molecule has 7 nitrogen and oxygen atoms in total. The maximum Gasteiger partial charge on any atom is 0.439 e. The lowest BCUT2D eigenvalue weighted by molar-refractivity contribution is -0.124. The number of cyclic esters (lactones) is 1. The molecule has 0 aromatic heterocycles. The summed E-state index contributed by atoms with van der Waals surface area (Å²) in [6, 6.07) is 5.85. The lowest BCUT2D eigenvalue weighted by atomic mass is 9.92.